The van der Waals surface area contributed by atoms with E-state index < -0.39 is 0 Å². The zero-order chi connectivity index (χ0) is 13.9. The van der Waals surface area contributed by atoms with Crippen LogP contribution < -0.4 is 5.73 Å². The standard InChI is InChI=1S/C14H11BrN2OS2/c15-11-6-9(16)3-4-12(11)20-8-10-7-18-14(17-10)13-2-1-5-19-13/h1-7H,8,16H2. The summed E-state index contributed by atoms with van der Waals surface area (Å²) >= 11 is 6.84. The Hall–Kier alpha value is -1.24. The van der Waals surface area contributed by atoms with E-state index in [2.05, 4.69) is 20.9 Å². The summed E-state index contributed by atoms with van der Waals surface area (Å²) in [6, 6.07) is 9.80. The number of nitrogen functional groups attached to an aromatic ring is 1. The summed E-state index contributed by atoms with van der Waals surface area (Å²) in [6.45, 7) is 0. The molecule has 102 valence electrons. The lowest BCUT2D eigenvalue weighted by Gasteiger charge is -2.03. The molecule has 0 fully saturated rings. The Morgan fingerprint density at radius 1 is 1.35 bits per heavy atom. The van der Waals surface area contributed by atoms with Gasteiger partial charge in [0.05, 0.1) is 10.6 Å². The van der Waals surface area contributed by atoms with Gasteiger partial charge in [-0.2, -0.15) is 0 Å². The molecule has 0 radical (unpaired) electrons. The molecule has 20 heavy (non-hydrogen) atoms. The summed E-state index contributed by atoms with van der Waals surface area (Å²) in [5.41, 5.74) is 7.41. The van der Waals surface area contributed by atoms with Crippen molar-refractivity contribution in [2.45, 2.75) is 10.6 Å². The lowest BCUT2D eigenvalue weighted by atomic mass is 10.3. The number of halogens is 1. The number of thioether (sulfide) groups is 1. The fourth-order valence-electron chi connectivity index (χ4n) is 1.67. The van der Waals surface area contributed by atoms with Crippen LogP contribution in [0, 0.1) is 0 Å². The molecular formula is C14H11BrN2OS2. The normalized spacial score (nSPS) is 10.8. The number of nitrogens with two attached hydrogens (primary N) is 1. The molecule has 0 saturated heterocycles. The highest BCUT2D eigenvalue weighted by molar-refractivity contribution is 9.10. The number of nitrogens with zero attached hydrogens (tertiary/aromatic N) is 1. The van der Waals surface area contributed by atoms with Crippen LogP contribution in [0.5, 0.6) is 0 Å². The molecule has 0 unspecified atom stereocenters. The second-order valence-corrected chi connectivity index (χ2v) is 6.92. The van der Waals surface area contributed by atoms with Crippen LogP contribution >= 0.6 is 39.0 Å². The van der Waals surface area contributed by atoms with Crippen molar-refractivity contribution in [3.63, 3.8) is 0 Å². The maximum atomic E-state index is 5.73. The number of hydrogen-bond donors (Lipinski definition) is 1. The van der Waals surface area contributed by atoms with Crippen molar-refractivity contribution >= 4 is 44.7 Å². The third-order valence-corrected chi connectivity index (χ3v) is 5.50. The summed E-state index contributed by atoms with van der Waals surface area (Å²) in [7, 11) is 0. The molecule has 6 heteroatoms. The van der Waals surface area contributed by atoms with Crippen LogP contribution in [-0.4, -0.2) is 4.98 Å². The molecule has 3 nitrogen and oxygen atoms in total. The number of anilines is 1. The molecule has 0 aliphatic heterocycles. The van der Waals surface area contributed by atoms with Crippen molar-refractivity contribution in [1.29, 1.82) is 0 Å². The Balaban J connectivity index is 1.70. The van der Waals surface area contributed by atoms with Crippen molar-refractivity contribution in [3.05, 3.63) is 52.1 Å². The van der Waals surface area contributed by atoms with Gasteiger partial charge in [0.25, 0.3) is 0 Å². The van der Waals surface area contributed by atoms with Crippen molar-refractivity contribution < 1.29 is 4.42 Å². The van der Waals surface area contributed by atoms with Crippen LogP contribution in [-0.2, 0) is 5.75 Å². The van der Waals surface area contributed by atoms with Gasteiger partial charge in [-0.15, -0.1) is 23.1 Å². The first-order valence-electron chi connectivity index (χ1n) is 5.88. The van der Waals surface area contributed by atoms with E-state index in [0.717, 1.165) is 31.4 Å². The van der Waals surface area contributed by atoms with Gasteiger partial charge in [0.2, 0.25) is 5.89 Å². The number of oxazole rings is 1. The van der Waals surface area contributed by atoms with Gasteiger partial charge >= 0.3 is 0 Å². The van der Waals surface area contributed by atoms with E-state index in [4.69, 9.17) is 10.2 Å². The quantitative estimate of drug-likeness (QED) is 0.518. The van der Waals surface area contributed by atoms with E-state index in [1.54, 1.807) is 29.4 Å². The van der Waals surface area contributed by atoms with Crippen LogP contribution in [0.2, 0.25) is 0 Å². The summed E-state index contributed by atoms with van der Waals surface area (Å²) in [4.78, 5) is 6.69. The minimum atomic E-state index is 0.687. The highest BCUT2D eigenvalue weighted by atomic mass is 79.9. The third kappa shape index (κ3) is 3.08. The summed E-state index contributed by atoms with van der Waals surface area (Å²) in [5.74, 6) is 1.45. The van der Waals surface area contributed by atoms with E-state index in [1.807, 2.05) is 35.7 Å². The number of rotatable bonds is 4. The molecule has 0 atom stereocenters. The largest absolute Gasteiger partial charge is 0.444 e. The van der Waals surface area contributed by atoms with Crippen LogP contribution in [0.1, 0.15) is 5.69 Å². The first kappa shape index (κ1) is 13.7. The molecular weight excluding hydrogens is 356 g/mol. The number of aromatic nitrogens is 1. The molecule has 0 bridgehead atoms. The summed E-state index contributed by atoms with van der Waals surface area (Å²) in [6.07, 6.45) is 1.72. The predicted octanol–water partition coefficient (Wildman–Crippen LogP) is 5.04. The molecule has 2 heterocycles. The van der Waals surface area contributed by atoms with Gasteiger partial charge in [-0.3, -0.25) is 0 Å². The van der Waals surface area contributed by atoms with Gasteiger partial charge in [-0.1, -0.05) is 6.07 Å². The summed E-state index contributed by atoms with van der Waals surface area (Å²) in [5, 5.41) is 2.01. The fraction of sp³-hybridized carbons (Fsp3) is 0.0714. The minimum Gasteiger partial charge on any atom is -0.444 e. The second-order valence-electron chi connectivity index (χ2n) is 4.10. The Bertz CT molecular complexity index is 710. The van der Waals surface area contributed by atoms with Crippen LogP contribution in [0.25, 0.3) is 10.8 Å². The molecule has 0 amide bonds. The average molecular weight is 367 g/mol. The van der Waals surface area contributed by atoms with Crippen molar-refractivity contribution in [2.24, 2.45) is 0 Å². The molecule has 0 aliphatic rings. The highest BCUT2D eigenvalue weighted by Crippen LogP contribution is 2.32. The van der Waals surface area contributed by atoms with Gasteiger partial charge in [-0.05, 0) is 45.6 Å². The van der Waals surface area contributed by atoms with Crippen molar-refractivity contribution in [3.8, 4) is 10.8 Å². The summed E-state index contributed by atoms with van der Waals surface area (Å²) < 4.78 is 6.51. The molecule has 0 spiro atoms. The molecule has 3 rings (SSSR count). The predicted molar refractivity (Wildman–Crippen MR) is 87.9 cm³/mol. The Morgan fingerprint density at radius 2 is 2.25 bits per heavy atom. The van der Waals surface area contributed by atoms with E-state index in [9.17, 15) is 0 Å². The number of hydrogen-bond acceptors (Lipinski definition) is 5. The average Bonchev–Trinajstić information content (AvgIpc) is 3.08. The van der Waals surface area contributed by atoms with E-state index in [0.29, 0.717) is 5.89 Å². The van der Waals surface area contributed by atoms with E-state index in [-0.39, 0.29) is 0 Å². The van der Waals surface area contributed by atoms with Gasteiger partial charge in [0, 0.05) is 20.8 Å². The van der Waals surface area contributed by atoms with Crippen LogP contribution in [0.4, 0.5) is 5.69 Å². The minimum absolute atomic E-state index is 0.687. The maximum absolute atomic E-state index is 5.73. The monoisotopic (exact) mass is 366 g/mol. The maximum Gasteiger partial charge on any atom is 0.236 e. The van der Waals surface area contributed by atoms with Gasteiger partial charge < -0.3 is 10.2 Å². The molecule has 1 aromatic carbocycles. The smallest absolute Gasteiger partial charge is 0.236 e. The number of thiophene rings is 1. The Labute approximate surface area is 133 Å². The molecule has 2 aromatic heterocycles. The first-order valence-corrected chi connectivity index (χ1v) is 8.54. The van der Waals surface area contributed by atoms with E-state index >= 15 is 0 Å². The van der Waals surface area contributed by atoms with E-state index in [1.165, 1.54) is 0 Å². The molecule has 0 saturated carbocycles. The van der Waals surface area contributed by atoms with Gasteiger partial charge in [-0.25, -0.2) is 4.98 Å². The number of benzene rings is 1. The zero-order valence-corrected chi connectivity index (χ0v) is 13.6. The zero-order valence-electron chi connectivity index (χ0n) is 10.4. The van der Waals surface area contributed by atoms with Crippen molar-refractivity contribution in [1.82, 2.24) is 4.98 Å². The Kier molecular flexibility index (Phi) is 4.14. The SMILES string of the molecule is Nc1ccc(SCc2coc(-c3cccs3)n2)c(Br)c1. The van der Waals surface area contributed by atoms with Crippen molar-refractivity contribution in [2.75, 3.05) is 5.73 Å². The first-order chi connectivity index (χ1) is 9.72. The lowest BCUT2D eigenvalue weighted by molar-refractivity contribution is 0.575. The molecule has 3 aromatic rings. The third-order valence-electron chi connectivity index (χ3n) is 2.62. The lowest BCUT2D eigenvalue weighted by Crippen LogP contribution is -1.86. The van der Waals surface area contributed by atoms with Crippen LogP contribution in [0.3, 0.4) is 0 Å². The van der Waals surface area contributed by atoms with Gasteiger partial charge in [0.1, 0.15) is 6.26 Å². The van der Waals surface area contributed by atoms with Crippen LogP contribution in [0.15, 0.2) is 55.8 Å². The second kappa shape index (κ2) is 6.03. The molecule has 0 aliphatic carbocycles. The topological polar surface area (TPSA) is 52.0 Å². The van der Waals surface area contributed by atoms with Gasteiger partial charge in [0.15, 0.2) is 0 Å². The Morgan fingerprint density at radius 3 is 3.00 bits per heavy atom. The fourth-order valence-corrected chi connectivity index (χ4v) is 3.86. The molecule has 2 N–H and O–H groups in total. The highest BCUT2D eigenvalue weighted by Gasteiger charge is 2.09.